The number of nitrogens with one attached hydrogen (secondary N) is 10. The van der Waals surface area contributed by atoms with Gasteiger partial charge in [0.05, 0.1) is 24.1 Å². The predicted molar refractivity (Wildman–Crippen MR) is 494 cm³/mol. The molecule has 0 bridgehead atoms. The molecule has 0 spiro atoms. The van der Waals surface area contributed by atoms with Crippen molar-refractivity contribution >= 4 is 88.0 Å². The fourth-order valence-electron chi connectivity index (χ4n) is 16.6. The summed E-state index contributed by atoms with van der Waals surface area (Å²) in [4.78, 5) is 166. The fraction of sp³-hybridized carbons (Fsp3) is 0.307. The highest BCUT2D eigenvalue weighted by molar-refractivity contribution is 7.98. The van der Waals surface area contributed by atoms with Gasteiger partial charge in [0.1, 0.15) is 65.6 Å². The molecule has 2 aromatic heterocycles. The van der Waals surface area contributed by atoms with Crippen LogP contribution in [-0.4, -0.2) is 158 Å². The summed E-state index contributed by atoms with van der Waals surface area (Å²) in [5.41, 5.74) is 8.04. The number of para-hydroxylation sites is 1. The van der Waals surface area contributed by atoms with Gasteiger partial charge in [-0.05, 0) is 138 Å². The summed E-state index contributed by atoms with van der Waals surface area (Å²) in [6.07, 6.45) is 3.83. The zero-order valence-corrected chi connectivity index (χ0v) is 74.4. The number of hydrogen-bond acceptors (Lipinski definition) is 16. The second kappa shape index (κ2) is 43.5. The second-order valence-corrected chi connectivity index (χ2v) is 34.8. The van der Waals surface area contributed by atoms with E-state index in [4.69, 9.17) is 14.5 Å². The number of rotatable bonds is 39. The Labute approximate surface area is 754 Å². The number of imidazole rings is 1. The monoisotopic (exact) mass is 1760 g/mol. The van der Waals surface area contributed by atoms with Crippen LogP contribution in [0.4, 0.5) is 9.59 Å². The summed E-state index contributed by atoms with van der Waals surface area (Å²) in [7, 11) is 0. The van der Waals surface area contributed by atoms with Gasteiger partial charge in [0.15, 0.2) is 0 Å². The van der Waals surface area contributed by atoms with Crippen molar-refractivity contribution in [1.82, 2.24) is 67.4 Å². The molecular formula is C101H111N13O14S. The van der Waals surface area contributed by atoms with E-state index in [1.54, 1.807) is 76.9 Å². The van der Waals surface area contributed by atoms with Crippen LogP contribution in [0.1, 0.15) is 143 Å². The van der Waals surface area contributed by atoms with E-state index in [1.807, 2.05) is 255 Å². The van der Waals surface area contributed by atoms with Crippen LogP contribution in [0, 0.1) is 11.8 Å². The topological polar surface area (TPSA) is 370 Å². The Morgan fingerprint density at radius 3 is 1.46 bits per heavy atom. The number of nitrogens with zero attached hydrogens (tertiary/aromatic N) is 3. The van der Waals surface area contributed by atoms with E-state index in [2.05, 4.69) is 47.9 Å². The van der Waals surface area contributed by atoms with Crippen LogP contribution < -0.4 is 53.3 Å². The van der Waals surface area contributed by atoms with Crippen LogP contribution in [0.3, 0.4) is 0 Å². The lowest BCUT2D eigenvalue weighted by Gasteiger charge is -2.37. The molecule has 11 aromatic rings. The Morgan fingerprint density at radius 1 is 0.473 bits per heavy atom. The lowest BCUT2D eigenvalue weighted by molar-refractivity contribution is -0.136. The number of carbonyl (C=O) groups is 11. The Morgan fingerprint density at radius 2 is 0.938 bits per heavy atom. The maximum absolute atomic E-state index is 15.6. The quantitative estimate of drug-likeness (QED) is 0.00968. The van der Waals surface area contributed by atoms with Gasteiger partial charge >= 0.3 is 12.2 Å². The van der Waals surface area contributed by atoms with Gasteiger partial charge in [-0.25, -0.2) is 20.1 Å². The van der Waals surface area contributed by atoms with E-state index in [1.165, 1.54) is 29.4 Å². The van der Waals surface area contributed by atoms with E-state index in [9.17, 15) is 38.8 Å². The molecule has 0 fully saturated rings. The Bertz CT molecular complexity index is 5500. The molecule has 0 unspecified atom stereocenters. The van der Waals surface area contributed by atoms with Gasteiger partial charge in [-0.3, -0.25) is 52.9 Å². The number of hydroxylamine groups is 1. The van der Waals surface area contributed by atoms with Crippen LogP contribution in [-0.2, 0) is 76.5 Å². The van der Waals surface area contributed by atoms with Gasteiger partial charge in [0.25, 0.3) is 5.91 Å². The van der Waals surface area contributed by atoms with Gasteiger partial charge in [0.2, 0.25) is 47.3 Å². The third-order valence-electron chi connectivity index (χ3n) is 22.8. The number of fused-ring (bicyclic) bond motifs is 4. The summed E-state index contributed by atoms with van der Waals surface area (Å²) in [5, 5.41) is 35.4. The molecule has 27 nitrogen and oxygen atoms in total. The summed E-state index contributed by atoms with van der Waals surface area (Å²) in [6, 6.07) is 70.0. The molecule has 129 heavy (non-hydrogen) atoms. The molecule has 0 aliphatic heterocycles. The average Bonchev–Trinajstić information content (AvgIpc) is 1.67. The standard InChI is InChI=1S/C101H111N13O14S/c1-64(2)56-83(93(120)106-82(54-55-129-9)95(122)112-126)107-94(121)85(58-74-61-113(63-103-74)101(71-40-22-13-23-41-71,72-42-24-14-25-43-72)73-44-26-15-27-45-73)105-88(116)59-102-96(123)89(65(3)4)110-90(117)66(5)104-92(119)84(57-67-60-114(98(125)128-99(6,7)8)86-51-33-32-46-75(67)86)108-91(118)81(109-97(124)127-62-80-78-49-30-28-47-76(78)77-48-29-31-50-79(77)80)52-53-87(115)111-100(68-34-16-10-17-35-68,69-36-18-11-19-37-69)70-38-20-12-21-39-70/h10-51,60-61,63-66,80-85,89,126H,52-59,62H2,1-9H3,(H,102,123)(H,104,119)(H,105,116)(H,106,120)(H,107,121)(H,108,118)(H,109,124)(H,110,117)(H,111,115)(H,112,122)/t66-,81-,82-,83-,84-,85-,89-/m0/s1. The first kappa shape index (κ1) is 94.1. The highest BCUT2D eigenvalue weighted by atomic mass is 32.2. The normalized spacial score (nSPS) is 13.6. The van der Waals surface area contributed by atoms with Gasteiger partial charge in [0, 0.05) is 43.0 Å². The van der Waals surface area contributed by atoms with Crippen molar-refractivity contribution in [2.75, 3.05) is 25.2 Å². The van der Waals surface area contributed by atoms with Crippen molar-refractivity contribution in [2.24, 2.45) is 11.8 Å². The van der Waals surface area contributed by atoms with Gasteiger partial charge in [-0.1, -0.05) is 276 Å². The largest absolute Gasteiger partial charge is 0.449 e. The maximum Gasteiger partial charge on any atom is 0.419 e. The molecule has 1 aliphatic rings. The molecule has 10 amide bonds. The van der Waals surface area contributed by atoms with Crippen molar-refractivity contribution in [1.29, 1.82) is 0 Å². The number of carbonyl (C=O) groups excluding carboxylic acids is 11. The Hall–Kier alpha value is -14.0. The maximum atomic E-state index is 15.6. The number of aromatic nitrogens is 3. The van der Waals surface area contributed by atoms with Crippen LogP contribution in [0.5, 0.6) is 0 Å². The minimum Gasteiger partial charge on any atom is -0.449 e. The third kappa shape index (κ3) is 23.1. The van der Waals surface area contributed by atoms with Crippen molar-refractivity contribution in [3.8, 4) is 11.1 Å². The number of ether oxygens (including phenoxy) is 2. The SMILES string of the molecule is CSCC[C@H](NC(=O)[C@H](CC(C)C)NC(=O)[C@H](Cc1cn(C(c2ccccc2)(c2ccccc2)c2ccccc2)cn1)NC(=O)CNC(=O)[C@@H](NC(=O)[C@H](C)NC(=O)[C@H](Cc1cn(C(=O)OC(C)(C)C)c2ccccc12)NC(=O)[C@H](CCC(=O)NC(c1ccccc1)(c1ccccc1)c1ccccc1)NC(=O)OCC1c2ccccc2-c2ccccc21)C(C)C)C(=O)NO. The predicted octanol–water partition coefficient (Wildman–Crippen LogP) is 12.0. The van der Waals surface area contributed by atoms with E-state index >= 15 is 19.2 Å². The lowest BCUT2D eigenvalue weighted by atomic mass is 9.77. The molecule has 0 saturated heterocycles. The highest BCUT2D eigenvalue weighted by Crippen LogP contribution is 2.46. The zero-order chi connectivity index (χ0) is 91.9. The van der Waals surface area contributed by atoms with Gasteiger partial charge in [-0.2, -0.15) is 11.8 Å². The lowest BCUT2D eigenvalue weighted by Crippen LogP contribution is -2.59. The fourth-order valence-corrected chi connectivity index (χ4v) is 17.0. The molecular weight excluding hydrogens is 1650 g/mol. The van der Waals surface area contributed by atoms with Crippen molar-refractivity contribution in [3.05, 3.63) is 329 Å². The minimum atomic E-state index is -1.63. The van der Waals surface area contributed by atoms with Crippen LogP contribution >= 0.6 is 11.8 Å². The molecule has 28 heteroatoms. The van der Waals surface area contributed by atoms with Crippen LogP contribution in [0.25, 0.3) is 22.0 Å². The van der Waals surface area contributed by atoms with Crippen LogP contribution in [0.15, 0.2) is 274 Å². The van der Waals surface area contributed by atoms with E-state index in [0.29, 0.717) is 27.9 Å². The first-order chi connectivity index (χ1) is 62.1. The van der Waals surface area contributed by atoms with E-state index < -0.39 is 137 Å². The molecule has 1 aliphatic carbocycles. The first-order valence-electron chi connectivity index (χ1n) is 43.2. The molecule has 11 N–H and O–H groups in total. The summed E-state index contributed by atoms with van der Waals surface area (Å²) < 4.78 is 15.1. The second-order valence-electron chi connectivity index (χ2n) is 33.8. The number of amides is 10. The summed E-state index contributed by atoms with van der Waals surface area (Å²) in [5.74, 6) is -8.25. The van der Waals surface area contributed by atoms with Crippen molar-refractivity contribution < 1.29 is 67.4 Å². The van der Waals surface area contributed by atoms with E-state index in [-0.39, 0.29) is 57.0 Å². The smallest absolute Gasteiger partial charge is 0.419 e. The van der Waals surface area contributed by atoms with Crippen molar-refractivity contribution in [3.63, 3.8) is 0 Å². The molecule has 0 saturated carbocycles. The zero-order valence-electron chi connectivity index (χ0n) is 73.6. The van der Waals surface area contributed by atoms with Crippen molar-refractivity contribution in [2.45, 2.75) is 159 Å². The molecule has 7 atom stereocenters. The third-order valence-corrected chi connectivity index (χ3v) is 23.4. The van der Waals surface area contributed by atoms with Crippen LogP contribution in [0.2, 0.25) is 0 Å². The van der Waals surface area contributed by atoms with E-state index in [0.717, 1.165) is 55.6 Å². The first-order valence-corrected chi connectivity index (χ1v) is 44.6. The Balaban J connectivity index is 0.805. The number of hydrogen-bond donors (Lipinski definition) is 11. The minimum absolute atomic E-state index is 0.0791. The molecule has 9 aromatic carbocycles. The Kier molecular flexibility index (Phi) is 31.7. The molecule has 12 rings (SSSR count). The molecule has 2 heterocycles. The van der Waals surface area contributed by atoms with Gasteiger partial charge < -0.3 is 61.9 Å². The number of alkyl carbamates (subject to hydrolysis) is 1. The summed E-state index contributed by atoms with van der Waals surface area (Å²) >= 11 is 1.42. The molecule has 0 radical (unpaired) electrons. The number of benzene rings is 9. The molecule has 670 valence electrons. The van der Waals surface area contributed by atoms with Gasteiger partial charge in [-0.15, -0.1) is 0 Å². The average molecular weight is 1760 g/mol. The summed E-state index contributed by atoms with van der Waals surface area (Å²) in [6.45, 7) is 12.5. The highest BCUT2D eigenvalue weighted by Gasteiger charge is 2.43. The number of thioether (sulfide) groups is 1.